The van der Waals surface area contributed by atoms with Crippen molar-refractivity contribution in [1.29, 1.82) is 0 Å². The van der Waals surface area contributed by atoms with Gasteiger partial charge in [0.15, 0.2) is 11.1 Å². The van der Waals surface area contributed by atoms with Gasteiger partial charge in [0.1, 0.15) is 0 Å². The largest absolute Gasteiger partial charge is 0.307 e. The molecule has 1 fully saturated rings. The van der Waals surface area contributed by atoms with Crippen molar-refractivity contribution in [3.8, 4) is 0 Å². The Morgan fingerprint density at radius 2 is 1.25 bits per heavy atom. The molecule has 0 aliphatic carbocycles. The fourth-order valence-corrected chi connectivity index (χ4v) is 3.41. The third kappa shape index (κ3) is 0.693. The predicted octanol–water partition coefficient (Wildman–Crippen LogP) is 2.80. The second kappa shape index (κ2) is 2.47. The molecule has 1 aliphatic rings. The molecule has 1 heteroatoms. The van der Waals surface area contributed by atoms with Crippen LogP contribution < -0.4 is 0 Å². The molecule has 1 nitrogen and oxygen atoms in total. The topological polar surface area (TPSA) is 0 Å². The molecule has 1 heterocycles. The van der Waals surface area contributed by atoms with Gasteiger partial charge in [-0.3, -0.25) is 0 Å². The van der Waals surface area contributed by atoms with Crippen LogP contribution in [0.25, 0.3) is 0 Å². The third-order valence-corrected chi connectivity index (χ3v) is 5.30. The molecule has 2 unspecified atom stereocenters. The molecule has 0 aromatic carbocycles. The van der Waals surface area contributed by atoms with Crippen LogP contribution in [0.15, 0.2) is 0 Å². The first-order valence-corrected chi connectivity index (χ1v) is 5.29. The maximum atomic E-state index is 2.44. The Morgan fingerprint density at radius 3 is 1.33 bits per heavy atom. The van der Waals surface area contributed by atoms with E-state index in [4.69, 9.17) is 0 Å². The lowest BCUT2D eigenvalue weighted by Gasteiger charge is -2.18. The molecule has 0 aromatic heterocycles. The molecule has 0 saturated carbocycles. The van der Waals surface area contributed by atoms with E-state index in [0.717, 1.165) is 0 Å². The molecular weight excluding hydrogens is 146 g/mol. The molecule has 2 atom stereocenters. The van der Waals surface area contributed by atoms with Crippen LogP contribution in [0, 0.1) is 0 Å². The van der Waals surface area contributed by atoms with E-state index in [-0.39, 0.29) is 0 Å². The van der Waals surface area contributed by atoms with Gasteiger partial charge in [-0.1, -0.05) is 13.8 Å². The minimum absolute atomic E-state index is 0.538. The van der Waals surface area contributed by atoms with Crippen molar-refractivity contribution in [3.05, 3.63) is 0 Å². The van der Waals surface area contributed by atoms with Crippen molar-refractivity contribution in [2.45, 2.75) is 58.5 Å². The minimum atomic E-state index is 0.538. The zero-order valence-electron chi connectivity index (χ0n) is 9.57. The fraction of sp³-hybridized carbons (Fsp3) is 1.00. The lowest BCUT2D eigenvalue weighted by atomic mass is 9.92. The Morgan fingerprint density at radius 1 is 0.917 bits per heavy atom. The smallest absolute Gasteiger partial charge is 0.151 e. The molecule has 0 aromatic rings. The predicted molar refractivity (Wildman–Crippen MR) is 54.1 cm³/mol. The molecule has 0 amide bonds. The third-order valence-electron chi connectivity index (χ3n) is 5.30. The van der Waals surface area contributed by atoms with Crippen molar-refractivity contribution in [2.75, 3.05) is 13.6 Å². The number of hydrogen-bond acceptors (Lipinski definition) is 0. The molecule has 1 rings (SSSR count). The van der Waals surface area contributed by atoms with E-state index in [1.165, 1.54) is 23.9 Å². The van der Waals surface area contributed by atoms with E-state index in [9.17, 15) is 0 Å². The van der Waals surface area contributed by atoms with E-state index in [0.29, 0.717) is 11.1 Å². The SMILES string of the molecule is CCC1(C)C(C)(CC)[N+]1(C)CC. The molecule has 1 saturated heterocycles. The zero-order valence-corrected chi connectivity index (χ0v) is 9.57. The maximum Gasteiger partial charge on any atom is 0.151 e. The van der Waals surface area contributed by atoms with Gasteiger partial charge in [-0.2, -0.15) is 0 Å². The first-order chi connectivity index (χ1) is 5.43. The van der Waals surface area contributed by atoms with Crippen LogP contribution in [0.5, 0.6) is 0 Å². The number of quaternary nitrogens is 1. The Labute approximate surface area is 77.4 Å². The average molecular weight is 170 g/mol. The van der Waals surface area contributed by atoms with Gasteiger partial charge in [-0.15, -0.1) is 0 Å². The Hall–Kier alpha value is -0.0400. The van der Waals surface area contributed by atoms with Crippen molar-refractivity contribution < 1.29 is 4.48 Å². The highest BCUT2D eigenvalue weighted by molar-refractivity contribution is 5.09. The number of nitrogens with zero attached hydrogens (tertiary/aromatic N) is 1. The highest BCUT2D eigenvalue weighted by Crippen LogP contribution is 2.61. The second-order valence-corrected chi connectivity index (χ2v) is 4.76. The van der Waals surface area contributed by atoms with Crippen LogP contribution in [-0.2, 0) is 0 Å². The summed E-state index contributed by atoms with van der Waals surface area (Å²) in [7, 11) is 2.41. The van der Waals surface area contributed by atoms with Crippen LogP contribution >= 0.6 is 0 Å². The molecule has 12 heavy (non-hydrogen) atoms. The van der Waals surface area contributed by atoms with Crippen LogP contribution in [0.2, 0.25) is 0 Å². The van der Waals surface area contributed by atoms with Crippen LogP contribution in [0.1, 0.15) is 47.5 Å². The standard InChI is InChI=1S/C11H24N/c1-7-10(4)11(5,8-2)12(10,6)9-3/h7-9H2,1-6H3/q+1. The summed E-state index contributed by atoms with van der Waals surface area (Å²) in [6.45, 7) is 13.1. The van der Waals surface area contributed by atoms with Gasteiger partial charge in [0.05, 0.1) is 13.6 Å². The summed E-state index contributed by atoms with van der Waals surface area (Å²) in [5.41, 5.74) is 1.08. The number of hydrogen-bond donors (Lipinski definition) is 0. The summed E-state index contributed by atoms with van der Waals surface area (Å²) in [6.07, 6.45) is 2.61. The summed E-state index contributed by atoms with van der Waals surface area (Å²) >= 11 is 0. The summed E-state index contributed by atoms with van der Waals surface area (Å²) in [4.78, 5) is 0. The summed E-state index contributed by atoms with van der Waals surface area (Å²) in [6, 6.07) is 0. The van der Waals surface area contributed by atoms with Gasteiger partial charge in [0.2, 0.25) is 0 Å². The second-order valence-electron chi connectivity index (χ2n) is 4.76. The first kappa shape index (κ1) is 10.0. The summed E-state index contributed by atoms with van der Waals surface area (Å²) in [5.74, 6) is 0. The molecule has 72 valence electrons. The van der Waals surface area contributed by atoms with E-state index < -0.39 is 0 Å². The quantitative estimate of drug-likeness (QED) is 0.451. The highest BCUT2D eigenvalue weighted by Gasteiger charge is 2.79. The van der Waals surface area contributed by atoms with E-state index in [1.54, 1.807) is 0 Å². The average Bonchev–Trinajstić information content (AvgIpc) is 2.49. The van der Waals surface area contributed by atoms with Crippen molar-refractivity contribution >= 4 is 0 Å². The van der Waals surface area contributed by atoms with E-state index in [2.05, 4.69) is 41.7 Å². The Bertz CT molecular complexity index is 144. The lowest BCUT2D eigenvalue weighted by Crippen LogP contribution is -2.31. The van der Waals surface area contributed by atoms with Gasteiger partial charge >= 0.3 is 0 Å². The molecular formula is C11H24N+. The normalized spacial score (nSPS) is 52.5. The Balaban J connectivity index is 2.95. The summed E-state index contributed by atoms with van der Waals surface area (Å²) < 4.78 is 1.27. The maximum absolute atomic E-state index is 2.44. The fourth-order valence-electron chi connectivity index (χ4n) is 3.41. The summed E-state index contributed by atoms with van der Waals surface area (Å²) in [5, 5.41) is 0. The molecule has 0 radical (unpaired) electrons. The Kier molecular flexibility index (Phi) is 2.07. The van der Waals surface area contributed by atoms with E-state index in [1.807, 2.05) is 0 Å². The molecule has 0 bridgehead atoms. The monoisotopic (exact) mass is 170 g/mol. The van der Waals surface area contributed by atoms with Crippen LogP contribution in [0.4, 0.5) is 0 Å². The van der Waals surface area contributed by atoms with Crippen molar-refractivity contribution in [3.63, 3.8) is 0 Å². The van der Waals surface area contributed by atoms with Crippen molar-refractivity contribution in [2.24, 2.45) is 0 Å². The number of rotatable bonds is 3. The lowest BCUT2D eigenvalue weighted by molar-refractivity contribution is -0.831. The molecule has 1 aliphatic heterocycles. The van der Waals surface area contributed by atoms with Gasteiger partial charge < -0.3 is 4.48 Å². The van der Waals surface area contributed by atoms with Gasteiger partial charge in [-0.05, 0) is 20.8 Å². The van der Waals surface area contributed by atoms with Gasteiger partial charge in [-0.25, -0.2) is 0 Å². The number of likely N-dealkylation sites (N-methyl/N-ethyl adjacent to an activating group) is 1. The van der Waals surface area contributed by atoms with Crippen LogP contribution in [-0.4, -0.2) is 29.2 Å². The van der Waals surface area contributed by atoms with Crippen LogP contribution in [0.3, 0.4) is 0 Å². The first-order valence-electron chi connectivity index (χ1n) is 5.29. The van der Waals surface area contributed by atoms with Gasteiger partial charge in [0, 0.05) is 12.8 Å². The molecule has 0 spiro atoms. The van der Waals surface area contributed by atoms with E-state index >= 15 is 0 Å². The zero-order chi connectivity index (χ0) is 9.62. The van der Waals surface area contributed by atoms with Gasteiger partial charge in [0.25, 0.3) is 0 Å². The molecule has 0 N–H and O–H groups in total. The van der Waals surface area contributed by atoms with Crippen molar-refractivity contribution in [1.82, 2.24) is 0 Å². The minimum Gasteiger partial charge on any atom is -0.307 e. The highest BCUT2D eigenvalue weighted by atomic mass is 15.6.